The number of halogens is 1. The lowest BCUT2D eigenvalue weighted by molar-refractivity contribution is -0.145. The highest BCUT2D eigenvalue weighted by atomic mass is 19.1. The number of aliphatic carboxylic acids is 1. The lowest BCUT2D eigenvalue weighted by Crippen LogP contribution is -2.46. The lowest BCUT2D eigenvalue weighted by Gasteiger charge is -2.32. The van der Waals surface area contributed by atoms with Crippen LogP contribution in [0.25, 0.3) is 0 Å². The van der Waals surface area contributed by atoms with Crippen LogP contribution >= 0.6 is 0 Å². The summed E-state index contributed by atoms with van der Waals surface area (Å²) >= 11 is 0. The van der Waals surface area contributed by atoms with Crippen molar-refractivity contribution in [1.29, 1.82) is 0 Å². The van der Waals surface area contributed by atoms with E-state index in [9.17, 15) is 14.0 Å². The molecule has 0 atom stereocenters. The minimum absolute atomic E-state index is 0.126. The first-order valence-electron chi connectivity index (χ1n) is 8.03. The van der Waals surface area contributed by atoms with E-state index in [1.54, 1.807) is 36.4 Å². The fourth-order valence-electron chi connectivity index (χ4n) is 2.72. The van der Waals surface area contributed by atoms with Crippen LogP contribution in [0.3, 0.4) is 0 Å². The molecule has 0 bridgehead atoms. The van der Waals surface area contributed by atoms with Gasteiger partial charge in [0.25, 0.3) is 5.91 Å². The Balaban J connectivity index is 1.61. The Morgan fingerprint density at radius 1 is 1.12 bits per heavy atom. The standard InChI is InChI=1S/C19H18FNO4/c20-14-7-5-12(6-8-14)11-25-17-4-2-1-3-16(17)18(22)21-15-9-13(10-15)19(23)24/h1-8,13,15H,9-11H2,(H,21,22)(H,23,24). The van der Waals surface area contributed by atoms with Crippen LogP contribution in [-0.2, 0) is 11.4 Å². The maximum atomic E-state index is 12.9. The number of rotatable bonds is 6. The minimum atomic E-state index is -0.825. The Bertz CT molecular complexity index is 769. The number of carbonyl (C=O) groups excluding carboxylic acids is 1. The molecule has 130 valence electrons. The van der Waals surface area contributed by atoms with Crippen molar-refractivity contribution < 1.29 is 23.8 Å². The molecule has 1 fully saturated rings. The number of ether oxygens (including phenoxy) is 1. The van der Waals surface area contributed by atoms with Gasteiger partial charge in [0, 0.05) is 6.04 Å². The van der Waals surface area contributed by atoms with E-state index in [4.69, 9.17) is 9.84 Å². The molecule has 2 aromatic carbocycles. The number of benzene rings is 2. The normalized spacial score (nSPS) is 18.9. The summed E-state index contributed by atoms with van der Waals surface area (Å²) in [6.45, 7) is 0.217. The second-order valence-electron chi connectivity index (χ2n) is 6.09. The summed E-state index contributed by atoms with van der Waals surface area (Å²) in [5.74, 6) is -1.38. The number of para-hydroxylation sites is 1. The molecule has 5 nitrogen and oxygen atoms in total. The van der Waals surface area contributed by atoms with E-state index >= 15 is 0 Å². The fraction of sp³-hybridized carbons (Fsp3) is 0.263. The van der Waals surface area contributed by atoms with Gasteiger partial charge in [-0.1, -0.05) is 24.3 Å². The van der Waals surface area contributed by atoms with Gasteiger partial charge in [0.1, 0.15) is 18.2 Å². The zero-order chi connectivity index (χ0) is 17.8. The number of nitrogens with one attached hydrogen (secondary N) is 1. The van der Waals surface area contributed by atoms with Gasteiger partial charge in [-0.3, -0.25) is 9.59 Å². The number of hydrogen-bond donors (Lipinski definition) is 2. The second kappa shape index (κ2) is 7.34. The minimum Gasteiger partial charge on any atom is -0.488 e. The Labute approximate surface area is 144 Å². The van der Waals surface area contributed by atoms with E-state index in [-0.39, 0.29) is 30.3 Å². The van der Waals surface area contributed by atoms with Crippen LogP contribution in [0.4, 0.5) is 4.39 Å². The third-order valence-corrected chi connectivity index (χ3v) is 4.26. The van der Waals surface area contributed by atoms with Crippen LogP contribution < -0.4 is 10.1 Å². The van der Waals surface area contributed by atoms with Crippen LogP contribution in [0, 0.1) is 11.7 Å². The highest BCUT2D eigenvalue weighted by molar-refractivity contribution is 5.97. The predicted molar refractivity (Wildman–Crippen MR) is 88.8 cm³/mol. The predicted octanol–water partition coefficient (Wildman–Crippen LogP) is 3.00. The first kappa shape index (κ1) is 17.0. The summed E-state index contributed by atoms with van der Waals surface area (Å²) in [7, 11) is 0. The molecule has 0 saturated heterocycles. The van der Waals surface area contributed by atoms with Crippen LogP contribution in [0.15, 0.2) is 48.5 Å². The molecule has 0 radical (unpaired) electrons. The van der Waals surface area contributed by atoms with Crippen LogP contribution in [0.5, 0.6) is 5.75 Å². The van der Waals surface area contributed by atoms with Crippen molar-refractivity contribution in [2.45, 2.75) is 25.5 Å². The number of carboxylic acid groups (broad SMARTS) is 1. The molecule has 0 unspecified atom stereocenters. The van der Waals surface area contributed by atoms with Gasteiger partial charge in [-0.25, -0.2) is 4.39 Å². The van der Waals surface area contributed by atoms with Gasteiger partial charge >= 0.3 is 5.97 Å². The van der Waals surface area contributed by atoms with Crippen LogP contribution in [-0.4, -0.2) is 23.0 Å². The van der Waals surface area contributed by atoms with Crippen molar-refractivity contribution in [3.63, 3.8) is 0 Å². The van der Waals surface area contributed by atoms with Crippen LogP contribution in [0.1, 0.15) is 28.8 Å². The van der Waals surface area contributed by atoms with Crippen molar-refractivity contribution in [2.75, 3.05) is 0 Å². The first-order valence-corrected chi connectivity index (χ1v) is 8.03. The number of carboxylic acids is 1. The van der Waals surface area contributed by atoms with Gasteiger partial charge in [0.15, 0.2) is 0 Å². The van der Waals surface area contributed by atoms with Gasteiger partial charge in [-0.05, 0) is 42.7 Å². The van der Waals surface area contributed by atoms with Crippen molar-refractivity contribution in [2.24, 2.45) is 5.92 Å². The molecule has 0 spiro atoms. The second-order valence-corrected chi connectivity index (χ2v) is 6.09. The Morgan fingerprint density at radius 2 is 1.80 bits per heavy atom. The summed E-state index contributed by atoms with van der Waals surface area (Å²) in [4.78, 5) is 23.2. The van der Waals surface area contributed by atoms with Gasteiger partial charge < -0.3 is 15.2 Å². The Morgan fingerprint density at radius 3 is 2.48 bits per heavy atom. The summed E-state index contributed by atoms with van der Waals surface area (Å²) in [6, 6.07) is 12.7. The molecule has 1 saturated carbocycles. The molecule has 0 heterocycles. The number of amides is 1. The highest BCUT2D eigenvalue weighted by Gasteiger charge is 2.35. The summed E-state index contributed by atoms with van der Waals surface area (Å²) in [5, 5.41) is 11.7. The SMILES string of the molecule is O=C(NC1CC(C(=O)O)C1)c1ccccc1OCc1ccc(F)cc1. The van der Waals surface area contributed by atoms with Gasteiger partial charge in [-0.15, -0.1) is 0 Å². The van der Waals surface area contributed by atoms with E-state index in [0.29, 0.717) is 24.2 Å². The molecule has 2 aromatic rings. The molecule has 3 rings (SSSR count). The molecular formula is C19H18FNO4. The average Bonchev–Trinajstić information content (AvgIpc) is 2.57. The largest absolute Gasteiger partial charge is 0.488 e. The number of hydrogen-bond acceptors (Lipinski definition) is 3. The van der Waals surface area contributed by atoms with Crippen LogP contribution in [0.2, 0.25) is 0 Å². The molecule has 1 aliphatic rings. The van der Waals surface area contributed by atoms with Crippen molar-refractivity contribution >= 4 is 11.9 Å². The average molecular weight is 343 g/mol. The third kappa shape index (κ3) is 4.15. The van der Waals surface area contributed by atoms with E-state index < -0.39 is 5.97 Å². The third-order valence-electron chi connectivity index (χ3n) is 4.26. The lowest BCUT2D eigenvalue weighted by atomic mass is 9.80. The zero-order valence-electron chi connectivity index (χ0n) is 13.4. The van der Waals surface area contributed by atoms with Crippen molar-refractivity contribution in [1.82, 2.24) is 5.32 Å². The van der Waals surface area contributed by atoms with Crippen molar-refractivity contribution in [3.8, 4) is 5.75 Å². The molecule has 1 amide bonds. The Hall–Kier alpha value is -2.89. The summed E-state index contributed by atoms with van der Waals surface area (Å²) in [5.41, 5.74) is 1.18. The van der Waals surface area contributed by atoms with E-state index in [1.165, 1.54) is 12.1 Å². The topological polar surface area (TPSA) is 75.6 Å². The molecular weight excluding hydrogens is 325 g/mol. The zero-order valence-corrected chi connectivity index (χ0v) is 13.4. The summed E-state index contributed by atoms with van der Waals surface area (Å²) in [6.07, 6.45) is 0.888. The molecule has 0 aliphatic heterocycles. The van der Waals surface area contributed by atoms with E-state index in [1.807, 2.05) is 0 Å². The fourth-order valence-corrected chi connectivity index (χ4v) is 2.72. The molecule has 0 aromatic heterocycles. The van der Waals surface area contributed by atoms with E-state index in [0.717, 1.165) is 5.56 Å². The maximum Gasteiger partial charge on any atom is 0.306 e. The van der Waals surface area contributed by atoms with E-state index in [2.05, 4.69) is 5.32 Å². The maximum absolute atomic E-state index is 12.9. The van der Waals surface area contributed by atoms with Gasteiger partial charge in [-0.2, -0.15) is 0 Å². The van der Waals surface area contributed by atoms with Gasteiger partial charge in [0.05, 0.1) is 11.5 Å². The molecule has 6 heteroatoms. The molecule has 25 heavy (non-hydrogen) atoms. The number of carbonyl (C=O) groups is 2. The quantitative estimate of drug-likeness (QED) is 0.845. The highest BCUT2D eigenvalue weighted by Crippen LogP contribution is 2.28. The monoisotopic (exact) mass is 343 g/mol. The smallest absolute Gasteiger partial charge is 0.306 e. The summed E-state index contributed by atoms with van der Waals surface area (Å²) < 4.78 is 18.6. The molecule has 1 aliphatic carbocycles. The Kier molecular flexibility index (Phi) is 4.97. The van der Waals surface area contributed by atoms with Crippen molar-refractivity contribution in [3.05, 3.63) is 65.5 Å². The molecule has 2 N–H and O–H groups in total. The first-order chi connectivity index (χ1) is 12.0. The van der Waals surface area contributed by atoms with Gasteiger partial charge in [0.2, 0.25) is 0 Å².